The molecular weight excluding hydrogens is 184 g/mol. The van der Waals surface area contributed by atoms with Gasteiger partial charge in [0.25, 0.3) is 0 Å². The Morgan fingerprint density at radius 3 is 2.40 bits per heavy atom. The molecule has 88 valence electrons. The maximum Gasteiger partial charge on any atom is 0.0676 e. The molecule has 0 radical (unpaired) electrons. The summed E-state index contributed by atoms with van der Waals surface area (Å²) in [6.45, 7) is 18.5. The highest BCUT2D eigenvalue weighted by atomic mass is 15.2. The fraction of sp³-hybridized carbons (Fsp3) is 0.692. The zero-order valence-electron chi connectivity index (χ0n) is 10.8. The van der Waals surface area contributed by atoms with Crippen molar-refractivity contribution in [3.05, 3.63) is 24.6 Å². The molecule has 0 amide bonds. The molecule has 1 heterocycles. The van der Waals surface area contributed by atoms with Gasteiger partial charge in [-0.15, -0.1) is 0 Å². The Hall–Kier alpha value is -0.920. The first-order valence-electron chi connectivity index (χ1n) is 6.07. The normalized spacial score (nSPS) is 21.3. The van der Waals surface area contributed by atoms with Gasteiger partial charge in [-0.3, -0.25) is 0 Å². The minimum atomic E-state index is 0.431. The van der Waals surface area contributed by atoms with Crippen LogP contribution in [0.4, 0.5) is 0 Å². The molecule has 1 N–H and O–H groups in total. The first kappa shape index (κ1) is 14.1. The van der Waals surface area contributed by atoms with Crippen LogP contribution in [0.1, 0.15) is 40.5 Å². The van der Waals surface area contributed by atoms with Crippen LogP contribution in [-0.4, -0.2) is 24.0 Å². The molecule has 0 aromatic rings. The van der Waals surface area contributed by atoms with Gasteiger partial charge < -0.3 is 10.2 Å². The van der Waals surface area contributed by atoms with Crippen molar-refractivity contribution in [2.24, 2.45) is 0 Å². The number of nitrogens with zero attached hydrogens (tertiary/aromatic N) is 1. The van der Waals surface area contributed by atoms with Gasteiger partial charge in [0.2, 0.25) is 0 Å². The molecule has 2 heteroatoms. The summed E-state index contributed by atoms with van der Waals surface area (Å²) >= 11 is 0. The van der Waals surface area contributed by atoms with Gasteiger partial charge in [-0.1, -0.05) is 33.9 Å². The van der Waals surface area contributed by atoms with Crippen LogP contribution in [0.3, 0.4) is 0 Å². The Morgan fingerprint density at radius 1 is 1.33 bits per heavy atom. The molecule has 1 rings (SSSR count). The highest BCUT2D eigenvalue weighted by Gasteiger charge is 2.21. The zero-order valence-corrected chi connectivity index (χ0v) is 10.8. The van der Waals surface area contributed by atoms with E-state index < -0.39 is 0 Å². The van der Waals surface area contributed by atoms with E-state index in [-0.39, 0.29) is 0 Å². The summed E-state index contributed by atoms with van der Waals surface area (Å²) in [5.41, 5.74) is 2.38. The summed E-state index contributed by atoms with van der Waals surface area (Å²) in [5, 5.41) is 3.34. The van der Waals surface area contributed by atoms with Gasteiger partial charge in [-0.25, -0.2) is 0 Å². The molecule has 1 aliphatic heterocycles. The summed E-state index contributed by atoms with van der Waals surface area (Å²) in [6.07, 6.45) is 2.13. The number of nitrogens with one attached hydrogen (secondary N) is 1. The lowest BCUT2D eigenvalue weighted by Gasteiger charge is -2.32. The molecular formula is C13H26N2. The molecule has 1 atom stereocenters. The van der Waals surface area contributed by atoms with E-state index in [0.717, 1.165) is 31.6 Å². The number of likely N-dealkylation sites (N-methyl/N-ethyl adjacent to an activating group) is 1. The molecule has 0 spiro atoms. The van der Waals surface area contributed by atoms with Crippen LogP contribution < -0.4 is 5.32 Å². The highest BCUT2D eigenvalue weighted by molar-refractivity contribution is 5.12. The van der Waals surface area contributed by atoms with Crippen LogP contribution >= 0.6 is 0 Å². The van der Waals surface area contributed by atoms with Gasteiger partial charge in [-0.05, 0) is 13.3 Å². The van der Waals surface area contributed by atoms with Crippen LogP contribution in [0.25, 0.3) is 0 Å². The summed E-state index contributed by atoms with van der Waals surface area (Å²) < 4.78 is 0. The molecule has 2 nitrogen and oxygen atoms in total. The maximum absolute atomic E-state index is 4.10. The van der Waals surface area contributed by atoms with Crippen molar-refractivity contribution in [1.29, 1.82) is 0 Å². The van der Waals surface area contributed by atoms with E-state index in [9.17, 15) is 0 Å². The standard InChI is InChI=1S/C11H20N2.C2H6/c1-5-11-10(4)12-8-7-9(3)13(11)6-2;1-2/h11-12H,3-8H2,1-2H3;1-2H3. The third-order valence-corrected chi connectivity index (χ3v) is 2.68. The van der Waals surface area contributed by atoms with Gasteiger partial charge in [0, 0.05) is 30.9 Å². The fourth-order valence-electron chi connectivity index (χ4n) is 1.95. The monoisotopic (exact) mass is 210 g/mol. The summed E-state index contributed by atoms with van der Waals surface area (Å²) in [6, 6.07) is 0.431. The van der Waals surface area contributed by atoms with E-state index in [1.54, 1.807) is 0 Å². The lowest BCUT2D eigenvalue weighted by Crippen LogP contribution is -2.35. The average Bonchev–Trinajstić information content (AvgIpc) is 2.40. The second-order valence-corrected chi connectivity index (χ2v) is 3.48. The van der Waals surface area contributed by atoms with Crippen molar-refractivity contribution in [2.75, 3.05) is 13.1 Å². The van der Waals surface area contributed by atoms with E-state index >= 15 is 0 Å². The molecule has 0 aromatic carbocycles. The third-order valence-electron chi connectivity index (χ3n) is 2.68. The van der Waals surface area contributed by atoms with Crippen LogP contribution in [0.5, 0.6) is 0 Å². The topological polar surface area (TPSA) is 15.3 Å². The van der Waals surface area contributed by atoms with Gasteiger partial charge in [0.05, 0.1) is 6.04 Å². The SMILES string of the molecule is C=C1NCCC(=C)N(CC)C1CC.CC. The average molecular weight is 210 g/mol. The highest BCUT2D eigenvalue weighted by Crippen LogP contribution is 2.20. The second kappa shape index (κ2) is 7.38. The molecule has 15 heavy (non-hydrogen) atoms. The smallest absolute Gasteiger partial charge is 0.0676 e. The molecule has 1 unspecified atom stereocenters. The Balaban J connectivity index is 0.000000921. The van der Waals surface area contributed by atoms with Crippen LogP contribution in [0, 0.1) is 0 Å². The van der Waals surface area contributed by atoms with E-state index in [0.29, 0.717) is 6.04 Å². The minimum absolute atomic E-state index is 0.431. The van der Waals surface area contributed by atoms with Gasteiger partial charge in [0.15, 0.2) is 0 Å². The van der Waals surface area contributed by atoms with Crippen molar-refractivity contribution in [3.63, 3.8) is 0 Å². The van der Waals surface area contributed by atoms with E-state index in [4.69, 9.17) is 0 Å². The minimum Gasteiger partial charge on any atom is -0.387 e. The quantitative estimate of drug-likeness (QED) is 0.753. The van der Waals surface area contributed by atoms with E-state index in [1.807, 2.05) is 13.8 Å². The summed E-state index contributed by atoms with van der Waals surface area (Å²) in [7, 11) is 0. The van der Waals surface area contributed by atoms with Crippen molar-refractivity contribution in [3.8, 4) is 0 Å². The number of hydrogen-bond acceptors (Lipinski definition) is 2. The predicted octanol–water partition coefficient (Wildman–Crippen LogP) is 3.13. The summed E-state index contributed by atoms with van der Waals surface area (Å²) in [5.74, 6) is 0. The fourth-order valence-corrected chi connectivity index (χ4v) is 1.95. The first-order chi connectivity index (χ1) is 7.20. The van der Waals surface area contributed by atoms with E-state index in [1.165, 1.54) is 5.70 Å². The van der Waals surface area contributed by atoms with E-state index in [2.05, 4.69) is 37.2 Å². The second-order valence-electron chi connectivity index (χ2n) is 3.48. The largest absolute Gasteiger partial charge is 0.387 e. The van der Waals surface area contributed by atoms with Gasteiger partial charge in [0.1, 0.15) is 0 Å². The maximum atomic E-state index is 4.10. The van der Waals surface area contributed by atoms with Crippen molar-refractivity contribution in [1.82, 2.24) is 10.2 Å². The molecule has 0 aromatic heterocycles. The van der Waals surface area contributed by atoms with Crippen molar-refractivity contribution >= 4 is 0 Å². The van der Waals surface area contributed by atoms with Gasteiger partial charge in [-0.2, -0.15) is 0 Å². The van der Waals surface area contributed by atoms with Crippen LogP contribution in [-0.2, 0) is 0 Å². The Morgan fingerprint density at radius 2 is 1.93 bits per heavy atom. The Labute approximate surface area is 95.0 Å². The lowest BCUT2D eigenvalue weighted by molar-refractivity contribution is 0.288. The lowest BCUT2D eigenvalue weighted by atomic mass is 10.1. The molecule has 0 bridgehead atoms. The third kappa shape index (κ3) is 3.61. The predicted molar refractivity (Wildman–Crippen MR) is 68.7 cm³/mol. The van der Waals surface area contributed by atoms with Gasteiger partial charge >= 0.3 is 0 Å². The van der Waals surface area contributed by atoms with Crippen molar-refractivity contribution < 1.29 is 0 Å². The molecule has 0 aliphatic carbocycles. The summed E-state index contributed by atoms with van der Waals surface area (Å²) in [4.78, 5) is 2.35. The molecule has 1 saturated heterocycles. The Bertz CT molecular complexity index is 187. The van der Waals surface area contributed by atoms with Crippen LogP contribution in [0.2, 0.25) is 0 Å². The Kier molecular flexibility index (Phi) is 6.93. The number of hydrogen-bond donors (Lipinski definition) is 1. The van der Waals surface area contributed by atoms with Crippen molar-refractivity contribution in [2.45, 2.75) is 46.6 Å². The molecule has 0 saturated carbocycles. The molecule has 1 aliphatic rings. The van der Waals surface area contributed by atoms with Crippen LogP contribution in [0.15, 0.2) is 24.6 Å². The number of rotatable bonds is 2. The molecule has 1 fully saturated rings. The zero-order chi connectivity index (χ0) is 11.8. The first-order valence-corrected chi connectivity index (χ1v) is 6.07.